The number of nitrogens with one attached hydrogen (secondary N) is 1. The third-order valence-electron chi connectivity index (χ3n) is 4.30. The predicted molar refractivity (Wildman–Crippen MR) is 105 cm³/mol. The molecule has 0 saturated carbocycles. The minimum atomic E-state index is -0.685. The SMILES string of the molecule is CCCNC(=O)[C@H](C)N(Cc1ccccc1)C(=O)Cc1c(F)cccc1Cl. The summed E-state index contributed by atoms with van der Waals surface area (Å²) in [7, 11) is 0. The fourth-order valence-corrected chi connectivity index (χ4v) is 2.94. The molecule has 0 bridgehead atoms. The van der Waals surface area contributed by atoms with Crippen LogP contribution in [0.4, 0.5) is 4.39 Å². The maximum absolute atomic E-state index is 14.1. The number of rotatable bonds is 8. The van der Waals surface area contributed by atoms with Crippen molar-refractivity contribution in [1.29, 1.82) is 0 Å². The van der Waals surface area contributed by atoms with Crippen LogP contribution in [0.25, 0.3) is 0 Å². The second kappa shape index (κ2) is 10.1. The van der Waals surface area contributed by atoms with Gasteiger partial charge in [-0.05, 0) is 31.0 Å². The number of hydrogen-bond donors (Lipinski definition) is 1. The van der Waals surface area contributed by atoms with Crippen LogP contribution in [0.15, 0.2) is 48.5 Å². The third-order valence-corrected chi connectivity index (χ3v) is 4.66. The third kappa shape index (κ3) is 5.79. The summed E-state index contributed by atoms with van der Waals surface area (Å²) in [5.41, 5.74) is 1.03. The fraction of sp³-hybridized carbons (Fsp3) is 0.333. The van der Waals surface area contributed by atoms with Crippen LogP contribution in [0.3, 0.4) is 0 Å². The summed E-state index contributed by atoms with van der Waals surface area (Å²) >= 11 is 6.06. The van der Waals surface area contributed by atoms with Gasteiger partial charge in [0, 0.05) is 23.7 Å². The zero-order valence-electron chi connectivity index (χ0n) is 15.5. The van der Waals surface area contributed by atoms with Gasteiger partial charge >= 0.3 is 0 Å². The average Bonchev–Trinajstić information content (AvgIpc) is 2.67. The van der Waals surface area contributed by atoms with Crippen molar-refractivity contribution in [1.82, 2.24) is 10.2 Å². The van der Waals surface area contributed by atoms with Gasteiger partial charge in [0.25, 0.3) is 0 Å². The summed E-state index contributed by atoms with van der Waals surface area (Å²) in [6.45, 7) is 4.43. The molecule has 0 aliphatic heterocycles. The van der Waals surface area contributed by atoms with Crippen molar-refractivity contribution in [2.75, 3.05) is 6.54 Å². The lowest BCUT2D eigenvalue weighted by atomic mass is 10.1. The largest absolute Gasteiger partial charge is 0.354 e. The molecule has 2 aromatic rings. The van der Waals surface area contributed by atoms with Gasteiger partial charge in [0.2, 0.25) is 11.8 Å². The highest BCUT2D eigenvalue weighted by Gasteiger charge is 2.27. The standard InChI is InChI=1S/C21H24ClFN2O2/c1-3-12-24-21(27)15(2)25(14-16-8-5-4-6-9-16)20(26)13-17-18(22)10-7-11-19(17)23/h4-11,15H,3,12-14H2,1-2H3,(H,24,27)/t15-/m0/s1. The molecule has 0 spiro atoms. The Morgan fingerprint density at radius 2 is 1.85 bits per heavy atom. The maximum atomic E-state index is 14.1. The molecular weight excluding hydrogens is 367 g/mol. The minimum Gasteiger partial charge on any atom is -0.354 e. The molecule has 0 heterocycles. The van der Waals surface area contributed by atoms with Crippen LogP contribution in [0.5, 0.6) is 0 Å². The summed E-state index contributed by atoms with van der Waals surface area (Å²) in [6.07, 6.45) is 0.597. The number of carbonyl (C=O) groups excluding carboxylic acids is 2. The van der Waals surface area contributed by atoms with Gasteiger partial charge in [0.1, 0.15) is 11.9 Å². The average molecular weight is 391 g/mol. The Labute approximate surface area is 164 Å². The molecule has 1 N–H and O–H groups in total. The van der Waals surface area contributed by atoms with E-state index in [0.29, 0.717) is 6.54 Å². The minimum absolute atomic E-state index is 0.142. The van der Waals surface area contributed by atoms with Crippen molar-refractivity contribution in [2.45, 2.75) is 39.3 Å². The van der Waals surface area contributed by atoms with Crippen LogP contribution in [0.1, 0.15) is 31.4 Å². The summed E-state index contributed by atoms with van der Waals surface area (Å²) in [5, 5.41) is 3.01. The Hall–Kier alpha value is -2.40. The zero-order valence-corrected chi connectivity index (χ0v) is 16.3. The molecule has 2 aromatic carbocycles. The van der Waals surface area contributed by atoms with E-state index in [4.69, 9.17) is 11.6 Å². The highest BCUT2D eigenvalue weighted by molar-refractivity contribution is 6.31. The van der Waals surface area contributed by atoms with E-state index in [1.54, 1.807) is 13.0 Å². The molecule has 2 amide bonds. The Kier molecular flexibility index (Phi) is 7.80. The van der Waals surface area contributed by atoms with Gasteiger partial charge in [-0.1, -0.05) is 54.9 Å². The summed E-state index contributed by atoms with van der Waals surface area (Å²) in [5.74, 6) is -1.12. The van der Waals surface area contributed by atoms with Crippen molar-refractivity contribution in [3.8, 4) is 0 Å². The first kappa shape index (κ1) is 20.9. The molecule has 0 aliphatic rings. The quantitative estimate of drug-likeness (QED) is 0.741. The second-order valence-corrected chi connectivity index (χ2v) is 6.76. The number of benzene rings is 2. The molecule has 6 heteroatoms. The molecule has 27 heavy (non-hydrogen) atoms. The molecule has 1 atom stereocenters. The molecule has 144 valence electrons. The molecule has 0 aromatic heterocycles. The molecule has 0 unspecified atom stereocenters. The van der Waals surface area contributed by atoms with Crippen molar-refractivity contribution in [2.24, 2.45) is 0 Å². The van der Waals surface area contributed by atoms with E-state index in [1.165, 1.54) is 17.0 Å². The number of carbonyl (C=O) groups is 2. The first-order valence-electron chi connectivity index (χ1n) is 8.98. The van der Waals surface area contributed by atoms with Gasteiger partial charge in [0.15, 0.2) is 0 Å². The van der Waals surface area contributed by atoms with Crippen molar-refractivity contribution >= 4 is 23.4 Å². The smallest absolute Gasteiger partial charge is 0.242 e. The second-order valence-electron chi connectivity index (χ2n) is 6.35. The first-order valence-corrected chi connectivity index (χ1v) is 9.35. The zero-order chi connectivity index (χ0) is 19.8. The lowest BCUT2D eigenvalue weighted by Crippen LogP contribution is -2.48. The molecule has 2 rings (SSSR count). The maximum Gasteiger partial charge on any atom is 0.242 e. The fourth-order valence-electron chi connectivity index (χ4n) is 2.71. The number of nitrogens with zero attached hydrogens (tertiary/aromatic N) is 1. The Balaban J connectivity index is 2.24. The van der Waals surface area contributed by atoms with Gasteiger partial charge < -0.3 is 10.2 Å². The van der Waals surface area contributed by atoms with Gasteiger partial charge in [-0.2, -0.15) is 0 Å². The van der Waals surface area contributed by atoms with Crippen LogP contribution < -0.4 is 5.32 Å². The van der Waals surface area contributed by atoms with Gasteiger partial charge in [0.05, 0.1) is 6.42 Å². The summed E-state index contributed by atoms with van der Waals surface area (Å²) in [6, 6.07) is 13.0. The lowest BCUT2D eigenvalue weighted by molar-refractivity contribution is -0.140. The van der Waals surface area contributed by atoms with E-state index in [2.05, 4.69) is 5.32 Å². The molecule has 0 fully saturated rings. The van der Waals surface area contributed by atoms with Crippen LogP contribution in [0, 0.1) is 5.82 Å². The van der Waals surface area contributed by atoms with Crippen molar-refractivity contribution in [3.63, 3.8) is 0 Å². The van der Waals surface area contributed by atoms with E-state index in [-0.39, 0.29) is 35.4 Å². The number of amides is 2. The molecule has 0 aliphatic carbocycles. The molecule has 0 saturated heterocycles. The van der Waals surface area contributed by atoms with Gasteiger partial charge in [-0.25, -0.2) is 4.39 Å². The van der Waals surface area contributed by atoms with E-state index < -0.39 is 11.9 Å². The van der Waals surface area contributed by atoms with Crippen LogP contribution in [-0.4, -0.2) is 29.3 Å². The monoisotopic (exact) mass is 390 g/mol. The summed E-state index contributed by atoms with van der Waals surface area (Å²) < 4.78 is 14.1. The van der Waals surface area contributed by atoms with Gasteiger partial charge in [-0.3, -0.25) is 9.59 Å². The van der Waals surface area contributed by atoms with Crippen LogP contribution in [-0.2, 0) is 22.6 Å². The predicted octanol–water partition coefficient (Wildman–Crippen LogP) is 3.97. The number of hydrogen-bond acceptors (Lipinski definition) is 2. The summed E-state index contributed by atoms with van der Waals surface area (Å²) in [4.78, 5) is 26.8. The van der Waals surface area contributed by atoms with Crippen molar-refractivity contribution in [3.05, 3.63) is 70.5 Å². The van der Waals surface area contributed by atoms with E-state index in [1.807, 2.05) is 37.3 Å². The Morgan fingerprint density at radius 3 is 2.48 bits per heavy atom. The van der Waals surface area contributed by atoms with Crippen LogP contribution in [0.2, 0.25) is 5.02 Å². The molecule has 0 radical (unpaired) electrons. The molecular formula is C21H24ClFN2O2. The molecule has 4 nitrogen and oxygen atoms in total. The van der Waals surface area contributed by atoms with Crippen molar-refractivity contribution < 1.29 is 14.0 Å². The highest BCUT2D eigenvalue weighted by Crippen LogP contribution is 2.21. The Morgan fingerprint density at radius 1 is 1.15 bits per heavy atom. The highest BCUT2D eigenvalue weighted by atomic mass is 35.5. The lowest BCUT2D eigenvalue weighted by Gasteiger charge is -2.29. The first-order chi connectivity index (χ1) is 12.9. The number of halogens is 2. The van der Waals surface area contributed by atoms with E-state index >= 15 is 0 Å². The Bertz CT molecular complexity index is 763. The topological polar surface area (TPSA) is 49.4 Å². The normalized spacial score (nSPS) is 11.7. The van der Waals surface area contributed by atoms with Crippen LogP contribution >= 0.6 is 11.6 Å². The van der Waals surface area contributed by atoms with Gasteiger partial charge in [-0.15, -0.1) is 0 Å². The van der Waals surface area contributed by atoms with E-state index in [0.717, 1.165) is 12.0 Å². The van der Waals surface area contributed by atoms with E-state index in [9.17, 15) is 14.0 Å².